The Kier molecular flexibility index (Phi) is 6.54. The highest BCUT2D eigenvalue weighted by molar-refractivity contribution is 5.77. The monoisotopic (exact) mass is 201 g/mol. The molecule has 0 heterocycles. The molecular formula is C11H23NO2. The van der Waals surface area contributed by atoms with Gasteiger partial charge in [0.05, 0.1) is 12.0 Å². The fraction of sp³-hybridized carbons (Fsp3) is 0.909. The largest absolute Gasteiger partial charge is 0.465 e. The summed E-state index contributed by atoms with van der Waals surface area (Å²) in [5.41, 5.74) is -0.329. The van der Waals surface area contributed by atoms with Crippen molar-refractivity contribution >= 4 is 5.97 Å². The Bertz CT molecular complexity index is 165. The molecule has 0 aliphatic carbocycles. The number of esters is 1. The molecule has 0 unspecified atom stereocenters. The SMILES string of the molecule is CCCOC(=O)C(CC)(CC)CNC. The number of hydrogen-bond acceptors (Lipinski definition) is 3. The summed E-state index contributed by atoms with van der Waals surface area (Å²) in [7, 11) is 1.87. The van der Waals surface area contributed by atoms with E-state index in [9.17, 15) is 4.79 Å². The minimum atomic E-state index is -0.329. The van der Waals surface area contributed by atoms with Crippen molar-refractivity contribution in [2.75, 3.05) is 20.2 Å². The smallest absolute Gasteiger partial charge is 0.313 e. The first-order valence-corrected chi connectivity index (χ1v) is 5.48. The second-order valence-corrected chi connectivity index (χ2v) is 3.65. The number of hydrogen-bond donors (Lipinski definition) is 1. The molecule has 3 nitrogen and oxygen atoms in total. The molecule has 3 heteroatoms. The van der Waals surface area contributed by atoms with Crippen molar-refractivity contribution in [1.82, 2.24) is 5.32 Å². The van der Waals surface area contributed by atoms with Crippen LogP contribution in [0.3, 0.4) is 0 Å². The molecule has 0 saturated carbocycles. The van der Waals surface area contributed by atoms with Gasteiger partial charge in [-0.3, -0.25) is 4.79 Å². The van der Waals surface area contributed by atoms with Crippen LogP contribution in [0.2, 0.25) is 0 Å². The van der Waals surface area contributed by atoms with Crippen molar-refractivity contribution in [3.05, 3.63) is 0 Å². The molecule has 0 spiro atoms. The van der Waals surface area contributed by atoms with Crippen molar-refractivity contribution < 1.29 is 9.53 Å². The highest BCUT2D eigenvalue weighted by Gasteiger charge is 2.35. The molecule has 0 bridgehead atoms. The van der Waals surface area contributed by atoms with E-state index in [1.54, 1.807) is 0 Å². The Morgan fingerprint density at radius 3 is 2.21 bits per heavy atom. The average molecular weight is 201 g/mol. The van der Waals surface area contributed by atoms with Crippen LogP contribution in [0.5, 0.6) is 0 Å². The second kappa shape index (κ2) is 6.82. The van der Waals surface area contributed by atoms with Crippen molar-refractivity contribution in [2.45, 2.75) is 40.0 Å². The predicted octanol–water partition coefficient (Wildman–Crippen LogP) is 1.97. The third kappa shape index (κ3) is 3.29. The Labute approximate surface area is 87.2 Å². The third-order valence-electron chi connectivity index (χ3n) is 2.74. The van der Waals surface area contributed by atoms with Crippen molar-refractivity contribution in [1.29, 1.82) is 0 Å². The average Bonchev–Trinajstić information content (AvgIpc) is 2.22. The fourth-order valence-electron chi connectivity index (χ4n) is 1.55. The van der Waals surface area contributed by atoms with E-state index in [0.717, 1.165) is 19.3 Å². The van der Waals surface area contributed by atoms with Crippen LogP contribution in [-0.2, 0) is 9.53 Å². The van der Waals surface area contributed by atoms with Gasteiger partial charge in [-0.25, -0.2) is 0 Å². The van der Waals surface area contributed by atoms with E-state index >= 15 is 0 Å². The normalized spacial score (nSPS) is 11.4. The van der Waals surface area contributed by atoms with Gasteiger partial charge in [0.1, 0.15) is 0 Å². The van der Waals surface area contributed by atoms with Crippen molar-refractivity contribution in [3.8, 4) is 0 Å². The van der Waals surface area contributed by atoms with Crippen LogP contribution < -0.4 is 5.32 Å². The molecule has 0 saturated heterocycles. The highest BCUT2D eigenvalue weighted by Crippen LogP contribution is 2.27. The van der Waals surface area contributed by atoms with E-state index in [0.29, 0.717) is 13.2 Å². The van der Waals surface area contributed by atoms with Crippen LogP contribution in [0.15, 0.2) is 0 Å². The summed E-state index contributed by atoms with van der Waals surface area (Å²) in [4.78, 5) is 11.8. The van der Waals surface area contributed by atoms with Gasteiger partial charge in [0.15, 0.2) is 0 Å². The van der Waals surface area contributed by atoms with Crippen LogP contribution in [-0.4, -0.2) is 26.2 Å². The zero-order chi connectivity index (χ0) is 11.0. The molecule has 0 radical (unpaired) electrons. The number of carbonyl (C=O) groups excluding carboxylic acids is 1. The van der Waals surface area contributed by atoms with Gasteiger partial charge in [-0.05, 0) is 26.3 Å². The van der Waals surface area contributed by atoms with Crippen LogP contribution in [0.4, 0.5) is 0 Å². The van der Waals surface area contributed by atoms with E-state index in [2.05, 4.69) is 5.32 Å². The van der Waals surface area contributed by atoms with Crippen LogP contribution >= 0.6 is 0 Å². The lowest BCUT2D eigenvalue weighted by molar-refractivity contribution is -0.156. The first kappa shape index (κ1) is 13.4. The Balaban J connectivity index is 4.37. The van der Waals surface area contributed by atoms with E-state index in [1.165, 1.54) is 0 Å². The number of ether oxygens (including phenoxy) is 1. The lowest BCUT2D eigenvalue weighted by Crippen LogP contribution is -2.40. The topological polar surface area (TPSA) is 38.3 Å². The maximum Gasteiger partial charge on any atom is 0.313 e. The predicted molar refractivity (Wildman–Crippen MR) is 58.2 cm³/mol. The maximum atomic E-state index is 11.8. The summed E-state index contributed by atoms with van der Waals surface area (Å²) in [6.07, 6.45) is 2.54. The van der Waals surface area contributed by atoms with E-state index in [1.807, 2.05) is 27.8 Å². The number of carbonyl (C=O) groups is 1. The standard InChI is InChI=1S/C11H23NO2/c1-5-8-14-10(13)11(6-2,7-3)9-12-4/h12H,5-9H2,1-4H3. The zero-order valence-corrected chi connectivity index (χ0v) is 9.85. The second-order valence-electron chi connectivity index (χ2n) is 3.65. The van der Waals surface area contributed by atoms with Gasteiger partial charge in [-0.15, -0.1) is 0 Å². The van der Waals surface area contributed by atoms with E-state index in [4.69, 9.17) is 4.74 Å². The van der Waals surface area contributed by atoms with Crippen LogP contribution in [0, 0.1) is 5.41 Å². The Hall–Kier alpha value is -0.570. The van der Waals surface area contributed by atoms with Gasteiger partial charge in [0, 0.05) is 6.54 Å². The molecule has 0 aliphatic heterocycles. The molecule has 0 amide bonds. The minimum absolute atomic E-state index is 0.0568. The quantitative estimate of drug-likeness (QED) is 0.640. The molecule has 0 aromatic rings. The molecule has 1 N–H and O–H groups in total. The van der Waals surface area contributed by atoms with Crippen LogP contribution in [0.25, 0.3) is 0 Å². The third-order valence-corrected chi connectivity index (χ3v) is 2.74. The highest BCUT2D eigenvalue weighted by atomic mass is 16.5. The van der Waals surface area contributed by atoms with E-state index in [-0.39, 0.29) is 11.4 Å². The van der Waals surface area contributed by atoms with Gasteiger partial charge >= 0.3 is 5.97 Å². The van der Waals surface area contributed by atoms with Gasteiger partial charge in [-0.2, -0.15) is 0 Å². The first-order chi connectivity index (χ1) is 6.66. The van der Waals surface area contributed by atoms with Crippen molar-refractivity contribution in [3.63, 3.8) is 0 Å². The molecule has 84 valence electrons. The molecule has 14 heavy (non-hydrogen) atoms. The molecule has 0 rings (SSSR count). The molecule has 0 aromatic carbocycles. The fourth-order valence-corrected chi connectivity index (χ4v) is 1.55. The maximum absolute atomic E-state index is 11.8. The molecule has 0 aliphatic rings. The van der Waals surface area contributed by atoms with Gasteiger partial charge in [0.25, 0.3) is 0 Å². The lowest BCUT2D eigenvalue weighted by Gasteiger charge is -2.28. The Morgan fingerprint density at radius 2 is 1.86 bits per heavy atom. The molecule has 0 aromatic heterocycles. The lowest BCUT2D eigenvalue weighted by atomic mass is 9.82. The van der Waals surface area contributed by atoms with Crippen molar-refractivity contribution in [2.24, 2.45) is 5.41 Å². The summed E-state index contributed by atoms with van der Waals surface area (Å²) in [5, 5.41) is 3.07. The van der Waals surface area contributed by atoms with Gasteiger partial charge in [-0.1, -0.05) is 20.8 Å². The zero-order valence-electron chi connectivity index (χ0n) is 9.85. The number of rotatable bonds is 7. The summed E-state index contributed by atoms with van der Waals surface area (Å²) < 4.78 is 5.21. The number of nitrogens with one attached hydrogen (secondary N) is 1. The Morgan fingerprint density at radius 1 is 1.29 bits per heavy atom. The summed E-state index contributed by atoms with van der Waals surface area (Å²) in [6, 6.07) is 0. The summed E-state index contributed by atoms with van der Waals surface area (Å²) in [6.45, 7) is 7.31. The molecule has 0 atom stereocenters. The van der Waals surface area contributed by atoms with Gasteiger partial charge < -0.3 is 10.1 Å². The minimum Gasteiger partial charge on any atom is -0.465 e. The molecular weight excluding hydrogens is 178 g/mol. The first-order valence-electron chi connectivity index (χ1n) is 5.48. The van der Waals surface area contributed by atoms with Crippen LogP contribution in [0.1, 0.15) is 40.0 Å². The summed E-state index contributed by atoms with van der Waals surface area (Å²) >= 11 is 0. The summed E-state index contributed by atoms with van der Waals surface area (Å²) in [5.74, 6) is -0.0568. The molecule has 0 fully saturated rings. The van der Waals surface area contributed by atoms with E-state index < -0.39 is 0 Å². The van der Waals surface area contributed by atoms with Gasteiger partial charge in [0.2, 0.25) is 0 Å².